The lowest BCUT2D eigenvalue weighted by Crippen LogP contribution is -2.33. The van der Waals surface area contributed by atoms with Gasteiger partial charge in [0.05, 0.1) is 5.41 Å². The molecule has 1 rings (SSSR count). The van der Waals surface area contributed by atoms with Gasteiger partial charge in [0.25, 0.3) is 0 Å². The van der Waals surface area contributed by atoms with Gasteiger partial charge in [-0.05, 0) is 42.9 Å². The molecule has 1 atom stereocenters. The molecule has 0 saturated heterocycles. The van der Waals surface area contributed by atoms with E-state index in [1.165, 1.54) is 0 Å². The van der Waals surface area contributed by atoms with Gasteiger partial charge in [-0.2, -0.15) is 0 Å². The summed E-state index contributed by atoms with van der Waals surface area (Å²) in [6.07, 6.45) is 2.13. The maximum atomic E-state index is 11.7. The van der Waals surface area contributed by atoms with Crippen LogP contribution in [-0.4, -0.2) is 22.8 Å². The summed E-state index contributed by atoms with van der Waals surface area (Å²) in [7, 11) is 0. The molecule has 0 radical (unpaired) electrons. The Morgan fingerprint density at radius 3 is 2.40 bits per heavy atom. The number of hydrogen-bond acceptors (Lipinski definition) is 2. The highest BCUT2D eigenvalue weighted by Gasteiger charge is 2.35. The first-order chi connectivity index (χ1) is 9.21. The second-order valence-electron chi connectivity index (χ2n) is 6.32. The number of carboxylic acid groups (broad SMARTS) is 1. The molecule has 0 bridgehead atoms. The van der Waals surface area contributed by atoms with Crippen LogP contribution in [0.4, 0.5) is 0 Å². The molecule has 0 saturated carbocycles. The Morgan fingerprint density at radius 1 is 1.25 bits per heavy atom. The van der Waals surface area contributed by atoms with Crippen molar-refractivity contribution in [3.05, 3.63) is 34.3 Å². The summed E-state index contributed by atoms with van der Waals surface area (Å²) in [5, 5.41) is 18.9. The van der Waals surface area contributed by atoms with Gasteiger partial charge in [-0.3, -0.25) is 4.79 Å². The predicted molar refractivity (Wildman–Crippen MR) is 83.8 cm³/mol. The highest BCUT2D eigenvalue weighted by atomic mass is 79.9. The average molecular weight is 343 g/mol. The Hall–Kier alpha value is -0.870. The third-order valence-electron chi connectivity index (χ3n) is 3.89. The number of halogens is 1. The Labute approximate surface area is 129 Å². The Bertz CT molecular complexity index is 471. The second kappa shape index (κ2) is 6.72. The Kier molecular flexibility index (Phi) is 5.78. The van der Waals surface area contributed by atoms with E-state index >= 15 is 0 Å². The predicted octanol–water partition coefficient (Wildman–Crippen LogP) is 3.98. The molecule has 2 N–H and O–H groups in total. The van der Waals surface area contributed by atoms with E-state index in [1.807, 2.05) is 38.1 Å². The van der Waals surface area contributed by atoms with Crippen LogP contribution in [0.3, 0.4) is 0 Å². The molecule has 3 nitrogen and oxygen atoms in total. The Morgan fingerprint density at radius 2 is 1.90 bits per heavy atom. The number of benzene rings is 1. The zero-order valence-corrected chi connectivity index (χ0v) is 13.9. The van der Waals surface area contributed by atoms with E-state index in [9.17, 15) is 15.0 Å². The van der Waals surface area contributed by atoms with Crippen LogP contribution in [-0.2, 0) is 10.2 Å². The zero-order chi connectivity index (χ0) is 15.4. The SMILES string of the molecule is CC(C)(CO)CCCC(C)(C(=O)O)c1cccc(Br)c1. The third kappa shape index (κ3) is 4.32. The minimum absolute atomic E-state index is 0.119. The van der Waals surface area contributed by atoms with Crippen LogP contribution < -0.4 is 0 Å². The number of rotatable bonds is 7. The fraction of sp³-hybridized carbons (Fsp3) is 0.562. The van der Waals surface area contributed by atoms with Crippen molar-refractivity contribution in [2.75, 3.05) is 6.61 Å². The van der Waals surface area contributed by atoms with E-state index in [4.69, 9.17) is 0 Å². The Balaban J connectivity index is 2.86. The maximum absolute atomic E-state index is 11.7. The van der Waals surface area contributed by atoms with Crippen LogP contribution in [0, 0.1) is 5.41 Å². The minimum atomic E-state index is -0.894. The summed E-state index contributed by atoms with van der Waals surface area (Å²) in [5.41, 5.74) is -0.243. The standard InChI is InChI=1S/C16H23BrO3/c1-15(2,11-18)8-5-9-16(3,14(19)20)12-6-4-7-13(17)10-12/h4,6-7,10,18H,5,8-9,11H2,1-3H3,(H,19,20). The van der Waals surface area contributed by atoms with E-state index in [1.54, 1.807) is 6.92 Å². The largest absolute Gasteiger partial charge is 0.481 e. The molecular weight excluding hydrogens is 320 g/mol. The second-order valence-corrected chi connectivity index (χ2v) is 7.24. The van der Waals surface area contributed by atoms with Crippen molar-refractivity contribution in [2.24, 2.45) is 5.41 Å². The van der Waals surface area contributed by atoms with Crippen LogP contribution in [0.15, 0.2) is 28.7 Å². The molecule has 0 amide bonds. The van der Waals surface area contributed by atoms with Crippen molar-refractivity contribution in [1.82, 2.24) is 0 Å². The van der Waals surface area contributed by atoms with E-state index in [0.717, 1.165) is 22.9 Å². The van der Waals surface area contributed by atoms with E-state index < -0.39 is 11.4 Å². The van der Waals surface area contributed by atoms with Gasteiger partial charge < -0.3 is 10.2 Å². The van der Waals surface area contributed by atoms with Crippen molar-refractivity contribution >= 4 is 21.9 Å². The van der Waals surface area contributed by atoms with Gasteiger partial charge in [-0.1, -0.05) is 48.3 Å². The smallest absolute Gasteiger partial charge is 0.313 e. The zero-order valence-electron chi connectivity index (χ0n) is 12.3. The van der Waals surface area contributed by atoms with Gasteiger partial charge >= 0.3 is 5.97 Å². The summed E-state index contributed by atoms with van der Waals surface area (Å²) in [5.74, 6) is -0.808. The summed E-state index contributed by atoms with van der Waals surface area (Å²) in [6, 6.07) is 7.47. The average Bonchev–Trinajstić information content (AvgIpc) is 2.38. The lowest BCUT2D eigenvalue weighted by molar-refractivity contribution is -0.143. The number of carboxylic acids is 1. The summed E-state index contributed by atoms with van der Waals surface area (Å²) in [4.78, 5) is 11.7. The van der Waals surface area contributed by atoms with Crippen LogP contribution >= 0.6 is 15.9 Å². The highest BCUT2D eigenvalue weighted by Crippen LogP contribution is 2.34. The maximum Gasteiger partial charge on any atom is 0.313 e. The fourth-order valence-electron chi connectivity index (χ4n) is 2.21. The highest BCUT2D eigenvalue weighted by molar-refractivity contribution is 9.10. The normalized spacial score (nSPS) is 14.8. The van der Waals surface area contributed by atoms with E-state index in [-0.39, 0.29) is 12.0 Å². The van der Waals surface area contributed by atoms with Crippen molar-refractivity contribution in [3.8, 4) is 0 Å². The number of aliphatic hydroxyl groups is 1. The lowest BCUT2D eigenvalue weighted by Gasteiger charge is -2.28. The molecule has 1 aromatic carbocycles. The number of carbonyl (C=O) groups is 1. The first-order valence-corrected chi connectivity index (χ1v) is 7.61. The van der Waals surface area contributed by atoms with Gasteiger partial charge in [0, 0.05) is 11.1 Å². The minimum Gasteiger partial charge on any atom is -0.481 e. The quantitative estimate of drug-likeness (QED) is 0.787. The molecule has 1 aromatic rings. The van der Waals surface area contributed by atoms with E-state index in [2.05, 4.69) is 15.9 Å². The topological polar surface area (TPSA) is 57.5 Å². The van der Waals surface area contributed by atoms with Crippen LogP contribution in [0.1, 0.15) is 45.6 Å². The molecule has 0 fully saturated rings. The van der Waals surface area contributed by atoms with Gasteiger partial charge in [-0.25, -0.2) is 0 Å². The van der Waals surface area contributed by atoms with Gasteiger partial charge in [0.2, 0.25) is 0 Å². The first-order valence-electron chi connectivity index (χ1n) is 6.81. The van der Waals surface area contributed by atoms with Crippen LogP contribution in [0.5, 0.6) is 0 Å². The van der Waals surface area contributed by atoms with Gasteiger partial charge in [-0.15, -0.1) is 0 Å². The molecule has 0 aliphatic heterocycles. The van der Waals surface area contributed by atoms with Crippen LogP contribution in [0.25, 0.3) is 0 Å². The first kappa shape index (κ1) is 17.2. The van der Waals surface area contributed by atoms with E-state index in [0.29, 0.717) is 6.42 Å². The molecule has 4 heteroatoms. The third-order valence-corrected chi connectivity index (χ3v) is 4.39. The lowest BCUT2D eigenvalue weighted by atomic mass is 9.76. The molecule has 0 aromatic heterocycles. The van der Waals surface area contributed by atoms with Crippen molar-refractivity contribution in [1.29, 1.82) is 0 Å². The number of aliphatic hydroxyl groups excluding tert-OH is 1. The molecule has 0 heterocycles. The van der Waals surface area contributed by atoms with Crippen molar-refractivity contribution in [2.45, 2.75) is 45.4 Å². The molecule has 0 aliphatic carbocycles. The molecular formula is C16H23BrO3. The van der Waals surface area contributed by atoms with Gasteiger partial charge in [0.1, 0.15) is 0 Å². The van der Waals surface area contributed by atoms with Crippen LogP contribution in [0.2, 0.25) is 0 Å². The van der Waals surface area contributed by atoms with Crippen molar-refractivity contribution in [3.63, 3.8) is 0 Å². The summed E-state index contributed by atoms with van der Waals surface area (Å²) < 4.78 is 0.887. The fourth-order valence-corrected chi connectivity index (χ4v) is 2.61. The molecule has 0 spiro atoms. The molecule has 0 aliphatic rings. The molecule has 20 heavy (non-hydrogen) atoms. The summed E-state index contributed by atoms with van der Waals surface area (Å²) >= 11 is 3.39. The summed E-state index contributed by atoms with van der Waals surface area (Å²) in [6.45, 7) is 5.87. The van der Waals surface area contributed by atoms with Gasteiger partial charge in [0.15, 0.2) is 0 Å². The monoisotopic (exact) mass is 342 g/mol. The number of hydrogen-bond donors (Lipinski definition) is 2. The van der Waals surface area contributed by atoms with Crippen molar-refractivity contribution < 1.29 is 15.0 Å². The molecule has 1 unspecified atom stereocenters. The molecule has 112 valence electrons. The number of aliphatic carboxylic acids is 1.